The Labute approximate surface area is 126 Å². The molecule has 0 aromatic carbocycles. The van der Waals surface area contributed by atoms with Crippen LogP contribution in [0.3, 0.4) is 0 Å². The molecule has 0 saturated heterocycles. The number of halogens is 4. The summed E-state index contributed by atoms with van der Waals surface area (Å²) in [6.45, 7) is 0. The molecule has 4 radical (unpaired) electrons. The Morgan fingerprint density at radius 3 is 1.47 bits per heavy atom. The smallest absolute Gasteiger partial charge is 0.319 e. The summed E-state index contributed by atoms with van der Waals surface area (Å²) >= 11 is 20.6. The molecule has 0 aliphatic carbocycles. The van der Waals surface area contributed by atoms with E-state index in [1.54, 1.807) is 14.1 Å². The summed E-state index contributed by atoms with van der Waals surface area (Å²) in [5.41, 5.74) is 0. The molecule has 15 heavy (non-hydrogen) atoms. The second kappa shape index (κ2) is 10.1. The van der Waals surface area contributed by atoms with Gasteiger partial charge in [-0.2, -0.15) is 0 Å². The third kappa shape index (κ3) is 14.9. The zero-order valence-corrected chi connectivity index (χ0v) is 14.2. The third-order valence-corrected chi connectivity index (χ3v) is 1.87. The van der Waals surface area contributed by atoms with Gasteiger partial charge in [0.1, 0.15) is 0 Å². The predicted molar refractivity (Wildman–Crippen MR) is 64.8 cm³/mol. The van der Waals surface area contributed by atoms with E-state index in [0.29, 0.717) is 0 Å². The fraction of sp³-hybridized carbons (Fsp3) is 0.667. The zero-order valence-electron chi connectivity index (χ0n) is 8.30. The SMILES string of the molecule is CN(C(=O)Cl)C(Cl)(Cl)Cl.CN(C)C=O.[Sn]. The van der Waals surface area contributed by atoms with Crippen LogP contribution in [0.25, 0.3) is 0 Å². The molecule has 88 valence electrons. The van der Waals surface area contributed by atoms with Crippen LogP contribution in [0, 0.1) is 0 Å². The Morgan fingerprint density at radius 1 is 1.20 bits per heavy atom. The van der Waals surface area contributed by atoms with Crippen molar-refractivity contribution in [3.63, 3.8) is 0 Å². The van der Waals surface area contributed by atoms with Crippen molar-refractivity contribution in [1.29, 1.82) is 0 Å². The van der Waals surface area contributed by atoms with Crippen molar-refractivity contribution in [1.82, 2.24) is 9.80 Å². The van der Waals surface area contributed by atoms with Gasteiger partial charge in [0.05, 0.1) is 0 Å². The maximum Gasteiger partial charge on any atom is 0.319 e. The average Bonchev–Trinajstić information content (AvgIpc) is 2.02. The van der Waals surface area contributed by atoms with Gasteiger partial charge in [0.25, 0.3) is 3.92 Å². The van der Waals surface area contributed by atoms with Crippen LogP contribution in [0.4, 0.5) is 4.79 Å². The molecule has 0 aromatic heterocycles. The van der Waals surface area contributed by atoms with Crippen LogP contribution < -0.4 is 0 Å². The first kappa shape index (κ1) is 21.2. The van der Waals surface area contributed by atoms with Crippen LogP contribution in [-0.2, 0) is 4.79 Å². The average molecular weight is 403 g/mol. The molecule has 0 saturated carbocycles. The van der Waals surface area contributed by atoms with Gasteiger partial charge in [-0.05, 0) is 11.6 Å². The molecule has 9 heteroatoms. The van der Waals surface area contributed by atoms with Crippen LogP contribution in [0.2, 0.25) is 0 Å². The van der Waals surface area contributed by atoms with Gasteiger partial charge in [0.15, 0.2) is 0 Å². The standard InChI is InChI=1S/C3H3Cl4NO.C3H7NO.Sn/c1-8(2(4)9)3(5,6)7;1-4(2)3-5;/h1H3;3H,1-2H3;. The molecule has 4 nitrogen and oxygen atoms in total. The van der Waals surface area contributed by atoms with E-state index >= 15 is 0 Å². The molecule has 0 bridgehead atoms. The molecule has 0 N–H and O–H groups in total. The molecule has 0 rings (SSSR count). The second-order valence-corrected chi connectivity index (χ2v) is 4.89. The van der Waals surface area contributed by atoms with Gasteiger partial charge in [-0.3, -0.25) is 14.5 Å². The maximum absolute atomic E-state index is 10.2. The molecule has 0 fully saturated rings. The van der Waals surface area contributed by atoms with E-state index in [9.17, 15) is 9.59 Å². The summed E-state index contributed by atoms with van der Waals surface area (Å²) in [4.78, 5) is 21.9. The number of nitrogens with zero attached hydrogens (tertiary/aromatic N) is 2. The van der Waals surface area contributed by atoms with Gasteiger partial charge in [-0.1, -0.05) is 34.8 Å². The number of carbonyl (C=O) groups is 2. The number of carbonyl (C=O) groups excluding carboxylic acids is 2. The van der Waals surface area contributed by atoms with Gasteiger partial charge in [0, 0.05) is 45.1 Å². The van der Waals surface area contributed by atoms with Crippen molar-refractivity contribution in [2.75, 3.05) is 21.1 Å². The van der Waals surface area contributed by atoms with Crippen LogP contribution in [-0.4, -0.2) is 70.5 Å². The molecular weight excluding hydrogens is 393 g/mol. The fourth-order valence-electron chi connectivity index (χ4n) is 0.0997. The minimum absolute atomic E-state index is 0. The first-order valence-corrected chi connectivity index (χ1v) is 4.75. The monoisotopic (exact) mass is 402 g/mol. The van der Waals surface area contributed by atoms with Gasteiger partial charge < -0.3 is 4.90 Å². The second-order valence-electron chi connectivity index (χ2n) is 2.35. The van der Waals surface area contributed by atoms with Crippen molar-refractivity contribution >= 4 is 82.1 Å². The maximum atomic E-state index is 10.2. The normalized spacial score (nSPS) is 9.00. The van der Waals surface area contributed by atoms with E-state index in [-0.39, 0.29) is 23.9 Å². The Balaban J connectivity index is -0.000000208. The number of amides is 2. The van der Waals surface area contributed by atoms with E-state index in [0.717, 1.165) is 11.3 Å². The van der Waals surface area contributed by atoms with Gasteiger partial charge >= 0.3 is 5.37 Å². The summed E-state index contributed by atoms with van der Waals surface area (Å²) in [6, 6.07) is 0. The van der Waals surface area contributed by atoms with E-state index in [2.05, 4.69) is 0 Å². The van der Waals surface area contributed by atoms with Crippen molar-refractivity contribution in [3.05, 3.63) is 0 Å². The van der Waals surface area contributed by atoms with Gasteiger partial charge in [-0.25, -0.2) is 0 Å². The number of hydrogen-bond donors (Lipinski definition) is 0. The Morgan fingerprint density at radius 2 is 1.47 bits per heavy atom. The van der Waals surface area contributed by atoms with Crippen LogP contribution in [0.15, 0.2) is 0 Å². The molecule has 0 atom stereocenters. The Hall–Kier alpha value is 0.899. The van der Waals surface area contributed by atoms with Crippen molar-refractivity contribution < 1.29 is 9.59 Å². The minimum Gasteiger partial charge on any atom is -0.351 e. The topological polar surface area (TPSA) is 40.6 Å². The third-order valence-electron chi connectivity index (χ3n) is 0.855. The first-order chi connectivity index (χ1) is 6.12. The number of hydrogen-bond acceptors (Lipinski definition) is 2. The molecule has 0 unspecified atom stereocenters. The van der Waals surface area contributed by atoms with E-state index in [4.69, 9.17) is 46.4 Å². The van der Waals surface area contributed by atoms with Crippen molar-refractivity contribution in [2.45, 2.75) is 3.92 Å². The minimum atomic E-state index is -1.75. The molecule has 2 amide bonds. The first-order valence-electron chi connectivity index (χ1n) is 3.24. The van der Waals surface area contributed by atoms with Crippen LogP contribution in [0.1, 0.15) is 0 Å². The van der Waals surface area contributed by atoms with Gasteiger partial charge in [0.2, 0.25) is 6.41 Å². The fourth-order valence-corrected chi connectivity index (χ4v) is 0.587. The number of alkyl halides is 3. The zero-order chi connectivity index (χ0) is 11.9. The molecule has 0 aliphatic heterocycles. The van der Waals surface area contributed by atoms with Crippen molar-refractivity contribution in [2.24, 2.45) is 0 Å². The largest absolute Gasteiger partial charge is 0.351 e. The van der Waals surface area contributed by atoms with E-state index in [1.165, 1.54) is 11.9 Å². The molecule has 0 spiro atoms. The number of rotatable bonds is 1. The Bertz CT molecular complexity index is 198. The molecule has 0 aromatic rings. The molecule has 0 heterocycles. The van der Waals surface area contributed by atoms with Crippen LogP contribution in [0.5, 0.6) is 0 Å². The van der Waals surface area contributed by atoms with Crippen LogP contribution >= 0.6 is 46.4 Å². The molecular formula is C6H10Cl4N2O2Sn. The quantitative estimate of drug-likeness (QED) is 0.221. The molecule has 0 aliphatic rings. The summed E-state index contributed by atoms with van der Waals surface area (Å²) in [5.74, 6) is 0. The summed E-state index contributed by atoms with van der Waals surface area (Å²) in [5, 5.41) is -0.810. The summed E-state index contributed by atoms with van der Waals surface area (Å²) < 4.78 is -1.75. The summed E-state index contributed by atoms with van der Waals surface area (Å²) in [7, 11) is 4.66. The van der Waals surface area contributed by atoms with E-state index < -0.39 is 9.28 Å². The van der Waals surface area contributed by atoms with Crippen molar-refractivity contribution in [3.8, 4) is 0 Å². The predicted octanol–water partition coefficient (Wildman–Crippen LogP) is 1.93. The Kier molecular flexibility index (Phi) is 14.3. The summed E-state index contributed by atoms with van der Waals surface area (Å²) in [6.07, 6.45) is 0.750. The van der Waals surface area contributed by atoms with Gasteiger partial charge in [-0.15, -0.1) is 0 Å². The van der Waals surface area contributed by atoms with E-state index in [1.807, 2.05) is 0 Å².